The van der Waals surface area contributed by atoms with Crippen molar-refractivity contribution in [2.24, 2.45) is 5.92 Å². The van der Waals surface area contributed by atoms with Gasteiger partial charge in [0.25, 0.3) is 0 Å². The highest BCUT2D eigenvalue weighted by atomic mass is 16.5. The van der Waals surface area contributed by atoms with E-state index in [0.717, 1.165) is 25.1 Å². The van der Waals surface area contributed by atoms with Crippen LogP contribution in [0.1, 0.15) is 39.2 Å². The second kappa shape index (κ2) is 5.95. The molecule has 2 atom stereocenters. The molecule has 0 aliphatic carbocycles. The maximum atomic E-state index is 10.9. The normalized spacial score (nSPS) is 25.2. The molecule has 0 bridgehead atoms. The monoisotopic (exact) mass is 288 g/mol. The van der Waals surface area contributed by atoms with Crippen LogP contribution < -0.4 is 9.64 Å². The second-order valence-corrected chi connectivity index (χ2v) is 6.09. The van der Waals surface area contributed by atoms with Crippen molar-refractivity contribution < 1.29 is 9.84 Å². The topological polar surface area (TPSA) is 56.5 Å². The number of hydrogen-bond acceptors (Lipinski definition) is 4. The van der Waals surface area contributed by atoms with Crippen LogP contribution in [0.4, 0.5) is 5.69 Å². The molecule has 1 aliphatic heterocycles. The fraction of sp³-hybridized carbons (Fsp3) is 0.588. The molecule has 4 nitrogen and oxygen atoms in total. The molecular weight excluding hydrogens is 264 g/mol. The molecular formula is C17H24N2O2. The molecule has 0 spiro atoms. The Hall–Kier alpha value is -1.73. The number of benzene rings is 1. The van der Waals surface area contributed by atoms with Crippen LogP contribution in [0, 0.1) is 17.2 Å². The van der Waals surface area contributed by atoms with Crippen LogP contribution in [0.25, 0.3) is 0 Å². The zero-order chi connectivity index (χ0) is 15.6. The van der Waals surface area contributed by atoms with Crippen molar-refractivity contribution in [3.8, 4) is 11.8 Å². The van der Waals surface area contributed by atoms with Crippen molar-refractivity contribution in [2.75, 3.05) is 18.6 Å². The summed E-state index contributed by atoms with van der Waals surface area (Å²) in [5.41, 5.74) is 0.899. The third-order valence-corrected chi connectivity index (χ3v) is 4.55. The van der Waals surface area contributed by atoms with E-state index in [0.29, 0.717) is 17.2 Å². The van der Waals surface area contributed by atoms with Crippen molar-refractivity contribution in [1.82, 2.24) is 0 Å². The number of nitrogens with zero attached hydrogens (tertiary/aromatic N) is 2. The van der Waals surface area contributed by atoms with Gasteiger partial charge in [-0.2, -0.15) is 5.26 Å². The van der Waals surface area contributed by atoms with Gasteiger partial charge in [-0.15, -0.1) is 0 Å². The van der Waals surface area contributed by atoms with Gasteiger partial charge in [0, 0.05) is 18.3 Å². The van der Waals surface area contributed by atoms with Crippen molar-refractivity contribution in [1.29, 1.82) is 5.26 Å². The van der Waals surface area contributed by atoms with E-state index in [9.17, 15) is 5.11 Å². The summed E-state index contributed by atoms with van der Waals surface area (Å²) in [6.07, 6.45) is 1.52. The van der Waals surface area contributed by atoms with Gasteiger partial charge in [0.05, 0.1) is 24.3 Å². The Kier molecular flexibility index (Phi) is 4.43. The summed E-state index contributed by atoms with van der Waals surface area (Å²) in [5, 5.41) is 19.9. The van der Waals surface area contributed by atoms with Crippen molar-refractivity contribution in [2.45, 2.75) is 45.3 Å². The quantitative estimate of drug-likeness (QED) is 0.925. The highest BCUT2D eigenvalue weighted by Gasteiger charge is 2.46. The number of ether oxygens (including phenoxy) is 1. The van der Waals surface area contributed by atoms with Crippen LogP contribution >= 0.6 is 0 Å². The molecule has 1 aromatic rings. The van der Waals surface area contributed by atoms with E-state index in [-0.39, 0.29) is 6.04 Å². The Morgan fingerprint density at radius 3 is 2.76 bits per heavy atom. The molecule has 4 heteroatoms. The predicted molar refractivity (Wildman–Crippen MR) is 83.5 cm³/mol. The van der Waals surface area contributed by atoms with Gasteiger partial charge in [0.1, 0.15) is 11.8 Å². The Morgan fingerprint density at radius 2 is 2.24 bits per heavy atom. The third-order valence-electron chi connectivity index (χ3n) is 4.55. The molecule has 1 aromatic carbocycles. The Morgan fingerprint density at radius 1 is 1.52 bits per heavy atom. The molecule has 21 heavy (non-hydrogen) atoms. The molecule has 0 radical (unpaired) electrons. The van der Waals surface area contributed by atoms with Crippen LogP contribution in [0.15, 0.2) is 18.2 Å². The second-order valence-electron chi connectivity index (χ2n) is 6.09. The van der Waals surface area contributed by atoms with Gasteiger partial charge in [-0.05, 0) is 30.9 Å². The lowest BCUT2D eigenvalue weighted by Gasteiger charge is -2.37. The van der Waals surface area contributed by atoms with Gasteiger partial charge >= 0.3 is 0 Å². The van der Waals surface area contributed by atoms with Crippen molar-refractivity contribution in [3.05, 3.63) is 23.8 Å². The van der Waals surface area contributed by atoms with E-state index in [4.69, 9.17) is 10.00 Å². The summed E-state index contributed by atoms with van der Waals surface area (Å²) in [6.45, 7) is 7.15. The number of rotatable bonds is 4. The van der Waals surface area contributed by atoms with Gasteiger partial charge in [-0.1, -0.05) is 20.8 Å². The van der Waals surface area contributed by atoms with Crippen LogP contribution in [-0.4, -0.2) is 30.4 Å². The highest BCUT2D eigenvalue weighted by Crippen LogP contribution is 2.40. The van der Waals surface area contributed by atoms with Crippen molar-refractivity contribution in [3.63, 3.8) is 0 Å². The van der Waals surface area contributed by atoms with E-state index in [1.165, 1.54) is 0 Å². The summed E-state index contributed by atoms with van der Waals surface area (Å²) in [4.78, 5) is 2.25. The average Bonchev–Trinajstić information content (AvgIpc) is 2.85. The van der Waals surface area contributed by atoms with Crippen molar-refractivity contribution >= 4 is 5.69 Å². The molecule has 1 saturated heterocycles. The first-order chi connectivity index (χ1) is 9.96. The minimum atomic E-state index is -0.644. The van der Waals surface area contributed by atoms with Gasteiger partial charge in [-0.3, -0.25) is 0 Å². The number of nitriles is 1. The lowest BCUT2D eigenvalue weighted by molar-refractivity contribution is 0.0148. The SMILES string of the molecule is CCC1(O)CCN(c2ccc(C#N)c(OC)c2)C1C(C)C. The van der Waals surface area contributed by atoms with Gasteiger partial charge in [0.2, 0.25) is 0 Å². The Bertz CT molecular complexity index is 550. The van der Waals surface area contributed by atoms with E-state index in [1.54, 1.807) is 13.2 Å². The maximum absolute atomic E-state index is 10.9. The number of methoxy groups -OCH3 is 1. The first kappa shape index (κ1) is 15.7. The minimum absolute atomic E-state index is 0.0835. The van der Waals surface area contributed by atoms with Crippen LogP contribution in [-0.2, 0) is 0 Å². The molecule has 1 heterocycles. The highest BCUT2D eigenvalue weighted by molar-refractivity contribution is 5.58. The summed E-state index contributed by atoms with van der Waals surface area (Å²) in [6, 6.07) is 7.84. The average molecular weight is 288 g/mol. The number of anilines is 1. The maximum Gasteiger partial charge on any atom is 0.138 e. The third kappa shape index (κ3) is 2.71. The Labute approximate surface area is 127 Å². The molecule has 0 saturated carbocycles. The molecule has 2 unspecified atom stereocenters. The number of aliphatic hydroxyl groups is 1. The zero-order valence-electron chi connectivity index (χ0n) is 13.3. The van der Waals surface area contributed by atoms with E-state index in [1.807, 2.05) is 19.1 Å². The van der Waals surface area contributed by atoms with Crippen LogP contribution in [0.3, 0.4) is 0 Å². The molecule has 0 amide bonds. The van der Waals surface area contributed by atoms with E-state index < -0.39 is 5.60 Å². The smallest absolute Gasteiger partial charge is 0.138 e. The largest absolute Gasteiger partial charge is 0.495 e. The summed E-state index contributed by atoms with van der Waals surface area (Å²) in [5.74, 6) is 0.934. The fourth-order valence-electron chi connectivity index (χ4n) is 3.50. The predicted octanol–water partition coefficient (Wildman–Crippen LogP) is 2.94. The molecule has 1 aliphatic rings. The zero-order valence-corrected chi connectivity index (χ0v) is 13.3. The molecule has 1 fully saturated rings. The van der Waals surface area contributed by atoms with E-state index in [2.05, 4.69) is 24.8 Å². The fourth-order valence-corrected chi connectivity index (χ4v) is 3.50. The summed E-state index contributed by atoms with van der Waals surface area (Å²) < 4.78 is 5.30. The molecule has 0 aromatic heterocycles. The van der Waals surface area contributed by atoms with E-state index >= 15 is 0 Å². The molecule has 1 N–H and O–H groups in total. The van der Waals surface area contributed by atoms with Crippen LogP contribution in [0.2, 0.25) is 0 Å². The first-order valence-corrected chi connectivity index (χ1v) is 7.54. The lowest BCUT2D eigenvalue weighted by Crippen LogP contribution is -2.47. The number of hydrogen-bond donors (Lipinski definition) is 1. The van der Waals surface area contributed by atoms with Gasteiger partial charge < -0.3 is 14.7 Å². The summed E-state index contributed by atoms with van der Waals surface area (Å²) >= 11 is 0. The lowest BCUT2D eigenvalue weighted by atomic mass is 9.84. The summed E-state index contributed by atoms with van der Waals surface area (Å²) in [7, 11) is 1.58. The Balaban J connectivity index is 2.40. The standard InChI is InChI=1S/C17H24N2O2/c1-5-17(20)8-9-19(16(17)12(2)3)14-7-6-13(11-18)15(10-14)21-4/h6-7,10,12,16,20H,5,8-9H2,1-4H3. The molecule has 2 rings (SSSR count). The van der Waals surface area contributed by atoms with Gasteiger partial charge in [0.15, 0.2) is 0 Å². The molecule has 114 valence electrons. The van der Waals surface area contributed by atoms with Crippen LogP contribution in [0.5, 0.6) is 5.75 Å². The minimum Gasteiger partial charge on any atom is -0.495 e. The van der Waals surface area contributed by atoms with Gasteiger partial charge in [-0.25, -0.2) is 0 Å². The first-order valence-electron chi connectivity index (χ1n) is 7.54.